The van der Waals surface area contributed by atoms with Gasteiger partial charge in [0.15, 0.2) is 0 Å². The van der Waals surface area contributed by atoms with E-state index in [1.807, 2.05) is 0 Å². The average molecular weight is 266 g/mol. The molecule has 2 N–H and O–H groups in total. The van der Waals surface area contributed by atoms with Crippen molar-refractivity contribution in [2.45, 2.75) is 50.7 Å². The van der Waals surface area contributed by atoms with Crippen LogP contribution in [0.5, 0.6) is 0 Å². The minimum Gasteiger partial charge on any atom is -0.393 e. The highest BCUT2D eigenvalue weighted by molar-refractivity contribution is 5.67. The molecule has 0 aromatic carbocycles. The largest absolute Gasteiger partial charge is 0.393 e. The van der Waals surface area contributed by atoms with Crippen LogP contribution in [0.15, 0.2) is 0 Å². The molecule has 0 radical (unpaired) electrons. The van der Waals surface area contributed by atoms with Crippen molar-refractivity contribution in [3.8, 4) is 0 Å². The second-order valence-corrected chi connectivity index (χ2v) is 6.90. The third-order valence-corrected chi connectivity index (χ3v) is 5.91. The number of hydrogen-bond donors (Lipinski definition) is 2. The Hall–Kier alpha value is -0.740. The van der Waals surface area contributed by atoms with Crippen molar-refractivity contribution in [1.82, 2.24) is 0 Å². The topological polar surface area (TPSA) is 74.6 Å². The summed E-state index contributed by atoms with van der Waals surface area (Å²) < 4.78 is 0. The lowest BCUT2D eigenvalue weighted by molar-refractivity contribution is -0.127. The first-order chi connectivity index (χ1) is 9.10. The summed E-state index contributed by atoms with van der Waals surface area (Å²) in [7, 11) is 0. The Morgan fingerprint density at radius 1 is 1.00 bits per heavy atom. The van der Waals surface area contributed by atoms with E-state index in [2.05, 4.69) is 0 Å². The molecular formula is C15H22O4. The van der Waals surface area contributed by atoms with Crippen LogP contribution in [0.1, 0.15) is 38.5 Å². The monoisotopic (exact) mass is 266 g/mol. The van der Waals surface area contributed by atoms with Crippen LogP contribution in [0.3, 0.4) is 0 Å². The van der Waals surface area contributed by atoms with Gasteiger partial charge in [-0.3, -0.25) is 0 Å². The second-order valence-electron chi connectivity index (χ2n) is 6.90. The van der Waals surface area contributed by atoms with Crippen molar-refractivity contribution in [2.24, 2.45) is 29.1 Å². The van der Waals surface area contributed by atoms with E-state index in [1.165, 1.54) is 0 Å². The van der Waals surface area contributed by atoms with Gasteiger partial charge in [-0.1, -0.05) is 0 Å². The molecule has 4 heteroatoms. The predicted octanol–water partition coefficient (Wildman–Crippen LogP) is 0.939. The fourth-order valence-electron chi connectivity index (χ4n) is 4.78. The Morgan fingerprint density at radius 3 is 1.89 bits per heavy atom. The van der Waals surface area contributed by atoms with Gasteiger partial charge in [0.1, 0.15) is 12.6 Å². The quantitative estimate of drug-likeness (QED) is 0.745. The van der Waals surface area contributed by atoms with Crippen LogP contribution in [0.25, 0.3) is 0 Å². The molecule has 0 aliphatic heterocycles. The molecule has 0 amide bonds. The molecule has 0 heterocycles. The number of aliphatic hydroxyl groups excluding tert-OH is 2. The van der Waals surface area contributed by atoms with Crippen LogP contribution < -0.4 is 0 Å². The summed E-state index contributed by atoms with van der Waals surface area (Å²) in [6.07, 6.45) is 5.05. The molecule has 6 atom stereocenters. The summed E-state index contributed by atoms with van der Waals surface area (Å²) >= 11 is 0. The Kier molecular flexibility index (Phi) is 3.26. The highest BCUT2D eigenvalue weighted by Gasteiger charge is 2.54. The predicted molar refractivity (Wildman–Crippen MR) is 68.2 cm³/mol. The van der Waals surface area contributed by atoms with E-state index < -0.39 is 17.6 Å². The summed E-state index contributed by atoms with van der Waals surface area (Å²) in [4.78, 5) is 22.3. The number of hydrogen-bond acceptors (Lipinski definition) is 4. The Labute approximate surface area is 113 Å². The van der Waals surface area contributed by atoms with Crippen molar-refractivity contribution >= 4 is 12.6 Å². The summed E-state index contributed by atoms with van der Waals surface area (Å²) in [5, 5.41) is 21.0. The van der Waals surface area contributed by atoms with Crippen LogP contribution in [0.4, 0.5) is 0 Å². The molecule has 3 fully saturated rings. The molecule has 3 aliphatic rings. The van der Waals surface area contributed by atoms with Crippen molar-refractivity contribution in [1.29, 1.82) is 0 Å². The van der Waals surface area contributed by atoms with Gasteiger partial charge in [-0.25, -0.2) is 0 Å². The zero-order valence-electron chi connectivity index (χ0n) is 11.1. The van der Waals surface area contributed by atoms with Crippen molar-refractivity contribution < 1.29 is 19.8 Å². The Balaban J connectivity index is 1.90. The number of rotatable bonds is 3. The Bertz CT molecular complexity index is 356. The normalized spacial score (nSPS) is 52.5. The fourth-order valence-corrected chi connectivity index (χ4v) is 4.78. The lowest BCUT2D eigenvalue weighted by Crippen LogP contribution is -2.43. The molecule has 6 unspecified atom stereocenters. The van der Waals surface area contributed by atoms with Gasteiger partial charge in [-0.05, 0) is 55.8 Å². The zero-order valence-corrected chi connectivity index (χ0v) is 11.1. The average Bonchev–Trinajstić information content (AvgIpc) is 2.40. The van der Waals surface area contributed by atoms with Crippen LogP contribution in [-0.4, -0.2) is 35.0 Å². The van der Waals surface area contributed by atoms with E-state index in [0.29, 0.717) is 12.8 Å². The lowest BCUT2D eigenvalue weighted by Gasteiger charge is -2.42. The number of carbonyl (C=O) groups excluding carboxylic acids is 2. The maximum atomic E-state index is 11.5. The van der Waals surface area contributed by atoms with Gasteiger partial charge < -0.3 is 19.8 Å². The molecule has 2 bridgehead atoms. The van der Waals surface area contributed by atoms with Crippen LogP contribution >= 0.6 is 0 Å². The molecule has 3 aliphatic carbocycles. The summed E-state index contributed by atoms with van der Waals surface area (Å²) in [5.41, 5.74) is -0.652. The maximum absolute atomic E-state index is 11.5. The van der Waals surface area contributed by atoms with Gasteiger partial charge in [0.2, 0.25) is 0 Å². The molecule has 0 aromatic heterocycles. The van der Waals surface area contributed by atoms with Gasteiger partial charge in [0.25, 0.3) is 0 Å². The van der Waals surface area contributed by atoms with Crippen molar-refractivity contribution in [3.05, 3.63) is 0 Å². The van der Waals surface area contributed by atoms with Crippen LogP contribution in [0.2, 0.25) is 0 Å². The first-order valence-corrected chi connectivity index (χ1v) is 7.36. The van der Waals surface area contributed by atoms with Gasteiger partial charge >= 0.3 is 0 Å². The third-order valence-electron chi connectivity index (χ3n) is 5.91. The fraction of sp³-hybridized carbons (Fsp3) is 0.867. The molecule has 106 valence electrons. The third kappa shape index (κ3) is 1.96. The Morgan fingerprint density at radius 2 is 1.53 bits per heavy atom. The van der Waals surface area contributed by atoms with Crippen LogP contribution in [0, 0.1) is 29.1 Å². The summed E-state index contributed by atoms with van der Waals surface area (Å²) in [6, 6.07) is 0. The molecule has 0 spiro atoms. The van der Waals surface area contributed by atoms with Gasteiger partial charge in [-0.15, -0.1) is 0 Å². The number of carbonyl (C=O) groups is 2. The van der Waals surface area contributed by atoms with Crippen LogP contribution in [-0.2, 0) is 9.59 Å². The molecule has 3 saturated carbocycles. The first kappa shape index (κ1) is 13.3. The summed E-state index contributed by atoms with van der Waals surface area (Å²) in [5.74, 6) is 0.523. The standard InChI is InChI=1S/C15H22O4/c16-4-3-15(8-17)6-9-5-10(7-15)14(19)12-2-1-11(12)13(9)18/h4,8-14,18-19H,1-3,5-7H2. The summed E-state index contributed by atoms with van der Waals surface area (Å²) in [6.45, 7) is 0. The highest BCUT2D eigenvalue weighted by Crippen LogP contribution is 2.55. The van der Waals surface area contributed by atoms with E-state index in [9.17, 15) is 19.8 Å². The molecule has 0 aromatic rings. The van der Waals surface area contributed by atoms with Crippen molar-refractivity contribution in [2.75, 3.05) is 0 Å². The van der Waals surface area contributed by atoms with Gasteiger partial charge in [0, 0.05) is 11.8 Å². The van der Waals surface area contributed by atoms with Gasteiger partial charge in [0.05, 0.1) is 12.2 Å². The smallest absolute Gasteiger partial charge is 0.126 e. The van der Waals surface area contributed by atoms with E-state index in [0.717, 1.165) is 31.8 Å². The molecule has 3 rings (SSSR count). The molecule has 4 nitrogen and oxygen atoms in total. The molecule has 0 saturated heterocycles. The number of fused-ring (bicyclic) bond motifs is 3. The maximum Gasteiger partial charge on any atom is 0.126 e. The second kappa shape index (κ2) is 4.67. The minimum atomic E-state index is -0.652. The van der Waals surface area contributed by atoms with E-state index in [-0.39, 0.29) is 30.1 Å². The lowest BCUT2D eigenvalue weighted by atomic mass is 9.63. The number of aldehydes is 2. The SMILES string of the molecule is O=CCC1(C=O)CC2CC(C1)C(O)C1CCC1C2O. The number of aliphatic hydroxyl groups is 2. The minimum absolute atomic E-state index is 0.0637. The molecular weight excluding hydrogens is 244 g/mol. The van der Waals surface area contributed by atoms with E-state index in [1.54, 1.807) is 0 Å². The first-order valence-electron chi connectivity index (χ1n) is 7.36. The highest BCUT2D eigenvalue weighted by atomic mass is 16.3. The van der Waals surface area contributed by atoms with Gasteiger partial charge in [-0.2, -0.15) is 0 Å². The zero-order chi connectivity index (χ0) is 13.6. The van der Waals surface area contributed by atoms with E-state index >= 15 is 0 Å². The van der Waals surface area contributed by atoms with Crippen molar-refractivity contribution in [3.63, 3.8) is 0 Å². The molecule has 19 heavy (non-hydrogen) atoms. The van der Waals surface area contributed by atoms with E-state index in [4.69, 9.17) is 0 Å².